The smallest absolute Gasteiger partial charge is 0.317 e. The van der Waals surface area contributed by atoms with Crippen molar-refractivity contribution in [2.24, 2.45) is 5.73 Å². The molecular formula is C6H8N4O2. The summed E-state index contributed by atoms with van der Waals surface area (Å²) >= 11 is 0. The molecule has 0 aliphatic carbocycles. The maximum Gasteiger partial charge on any atom is 0.317 e. The average Bonchev–Trinajstić information content (AvgIpc) is 2.03. The third kappa shape index (κ3) is 2.08. The molecule has 6 heteroatoms. The zero-order valence-electron chi connectivity index (χ0n) is 6.44. The molecule has 0 fully saturated rings. The van der Waals surface area contributed by atoms with Crippen LogP contribution in [0.3, 0.4) is 0 Å². The monoisotopic (exact) mass is 168 g/mol. The van der Waals surface area contributed by atoms with Gasteiger partial charge in [0.25, 0.3) is 0 Å². The Hall–Kier alpha value is -1.85. The molecule has 0 spiro atoms. The van der Waals surface area contributed by atoms with Crippen molar-refractivity contribution < 1.29 is 9.53 Å². The molecule has 6 nitrogen and oxygen atoms in total. The fourth-order valence-corrected chi connectivity index (χ4v) is 0.646. The lowest BCUT2D eigenvalue weighted by molar-refractivity contribution is 0.259. The van der Waals surface area contributed by atoms with Crippen molar-refractivity contribution in [1.82, 2.24) is 9.97 Å². The number of nitrogens with two attached hydrogens (primary N) is 1. The molecule has 0 saturated carbocycles. The number of urea groups is 1. The number of aromatic nitrogens is 2. The Labute approximate surface area is 68.8 Å². The topological polar surface area (TPSA) is 90.1 Å². The van der Waals surface area contributed by atoms with Crippen molar-refractivity contribution >= 4 is 11.8 Å². The SMILES string of the molecule is COc1cc(NC(N)=O)ncn1. The number of hydrogen-bond donors (Lipinski definition) is 2. The first-order chi connectivity index (χ1) is 5.72. The zero-order valence-corrected chi connectivity index (χ0v) is 6.44. The summed E-state index contributed by atoms with van der Waals surface area (Å²) in [5, 5.41) is 2.29. The van der Waals surface area contributed by atoms with Crippen LogP contribution in [-0.2, 0) is 0 Å². The van der Waals surface area contributed by atoms with Gasteiger partial charge in [0.2, 0.25) is 5.88 Å². The Morgan fingerprint density at radius 1 is 1.67 bits per heavy atom. The highest BCUT2D eigenvalue weighted by Crippen LogP contribution is 2.08. The fraction of sp³-hybridized carbons (Fsp3) is 0.167. The Morgan fingerprint density at radius 3 is 3.00 bits per heavy atom. The number of nitrogens with zero attached hydrogens (tertiary/aromatic N) is 2. The van der Waals surface area contributed by atoms with Gasteiger partial charge in [0.15, 0.2) is 0 Å². The summed E-state index contributed by atoms with van der Waals surface area (Å²) in [5.41, 5.74) is 4.86. The van der Waals surface area contributed by atoms with Crippen molar-refractivity contribution in [2.75, 3.05) is 12.4 Å². The van der Waals surface area contributed by atoms with E-state index >= 15 is 0 Å². The van der Waals surface area contributed by atoms with Gasteiger partial charge in [0.05, 0.1) is 7.11 Å². The van der Waals surface area contributed by atoms with E-state index in [9.17, 15) is 4.79 Å². The second kappa shape index (κ2) is 3.51. The number of primary amides is 1. The molecule has 0 aromatic carbocycles. The lowest BCUT2D eigenvalue weighted by atomic mass is 10.5. The van der Waals surface area contributed by atoms with E-state index in [0.717, 1.165) is 0 Å². The predicted molar refractivity (Wildman–Crippen MR) is 41.8 cm³/mol. The molecular weight excluding hydrogens is 160 g/mol. The van der Waals surface area contributed by atoms with Crippen LogP contribution in [0.15, 0.2) is 12.4 Å². The van der Waals surface area contributed by atoms with E-state index in [2.05, 4.69) is 15.3 Å². The molecule has 64 valence electrons. The maximum absolute atomic E-state index is 10.4. The Morgan fingerprint density at radius 2 is 2.42 bits per heavy atom. The van der Waals surface area contributed by atoms with Crippen LogP contribution >= 0.6 is 0 Å². The second-order valence-electron chi connectivity index (χ2n) is 1.93. The van der Waals surface area contributed by atoms with E-state index in [4.69, 9.17) is 10.5 Å². The number of hydrogen-bond acceptors (Lipinski definition) is 4. The minimum atomic E-state index is -0.671. The lowest BCUT2D eigenvalue weighted by Crippen LogP contribution is -2.20. The number of nitrogens with one attached hydrogen (secondary N) is 1. The highest BCUT2D eigenvalue weighted by atomic mass is 16.5. The van der Waals surface area contributed by atoms with Crippen LogP contribution in [0.1, 0.15) is 0 Å². The van der Waals surface area contributed by atoms with Gasteiger partial charge in [-0.2, -0.15) is 0 Å². The molecule has 0 aliphatic rings. The van der Waals surface area contributed by atoms with Crippen LogP contribution in [0.5, 0.6) is 5.88 Å². The number of carbonyl (C=O) groups is 1. The van der Waals surface area contributed by atoms with E-state index in [1.807, 2.05) is 0 Å². The second-order valence-corrected chi connectivity index (χ2v) is 1.93. The molecule has 2 amide bonds. The molecule has 0 bridgehead atoms. The molecule has 0 aliphatic heterocycles. The largest absolute Gasteiger partial charge is 0.481 e. The van der Waals surface area contributed by atoms with Crippen LogP contribution in [0.2, 0.25) is 0 Å². The van der Waals surface area contributed by atoms with Gasteiger partial charge in [-0.1, -0.05) is 0 Å². The van der Waals surface area contributed by atoms with Crippen LogP contribution in [0.25, 0.3) is 0 Å². The molecule has 0 radical (unpaired) electrons. The van der Waals surface area contributed by atoms with E-state index in [0.29, 0.717) is 11.7 Å². The summed E-state index contributed by atoms with van der Waals surface area (Å²) in [5.74, 6) is 0.683. The number of carbonyl (C=O) groups excluding carboxylic acids is 1. The Kier molecular flexibility index (Phi) is 2.42. The van der Waals surface area contributed by atoms with E-state index < -0.39 is 6.03 Å². The van der Waals surface area contributed by atoms with E-state index in [-0.39, 0.29) is 0 Å². The Balaban J connectivity index is 2.79. The number of ether oxygens (including phenoxy) is 1. The summed E-state index contributed by atoms with van der Waals surface area (Å²) < 4.78 is 4.79. The zero-order chi connectivity index (χ0) is 8.97. The number of methoxy groups -OCH3 is 1. The summed E-state index contributed by atoms with van der Waals surface area (Å²) in [6, 6.07) is 0.792. The molecule has 0 atom stereocenters. The van der Waals surface area contributed by atoms with Gasteiger partial charge in [-0.05, 0) is 0 Å². The lowest BCUT2D eigenvalue weighted by Gasteiger charge is -2.01. The maximum atomic E-state index is 10.4. The molecule has 1 heterocycles. The van der Waals surface area contributed by atoms with Gasteiger partial charge >= 0.3 is 6.03 Å². The molecule has 0 unspecified atom stereocenters. The molecule has 0 saturated heterocycles. The predicted octanol–water partition coefficient (Wildman–Crippen LogP) is -0.0242. The first-order valence-electron chi connectivity index (χ1n) is 3.15. The first kappa shape index (κ1) is 8.25. The quantitative estimate of drug-likeness (QED) is 0.649. The van der Waals surface area contributed by atoms with Crippen molar-refractivity contribution in [1.29, 1.82) is 0 Å². The number of anilines is 1. The summed E-state index contributed by atoms with van der Waals surface area (Å²) in [7, 11) is 1.47. The van der Waals surface area contributed by atoms with Gasteiger partial charge in [0.1, 0.15) is 12.1 Å². The summed E-state index contributed by atoms with van der Waals surface area (Å²) in [6.07, 6.45) is 1.27. The summed E-state index contributed by atoms with van der Waals surface area (Å²) in [6.45, 7) is 0. The molecule has 12 heavy (non-hydrogen) atoms. The van der Waals surface area contributed by atoms with E-state index in [1.54, 1.807) is 0 Å². The fourth-order valence-electron chi connectivity index (χ4n) is 0.646. The molecule has 3 N–H and O–H groups in total. The number of amides is 2. The van der Waals surface area contributed by atoms with Crippen molar-refractivity contribution in [3.05, 3.63) is 12.4 Å². The van der Waals surface area contributed by atoms with Gasteiger partial charge in [-0.3, -0.25) is 5.32 Å². The number of rotatable bonds is 2. The van der Waals surface area contributed by atoms with E-state index in [1.165, 1.54) is 19.5 Å². The van der Waals surface area contributed by atoms with Crippen LogP contribution in [0.4, 0.5) is 10.6 Å². The van der Waals surface area contributed by atoms with Gasteiger partial charge in [-0.25, -0.2) is 14.8 Å². The average molecular weight is 168 g/mol. The molecule has 1 rings (SSSR count). The highest BCUT2D eigenvalue weighted by molar-refractivity contribution is 5.86. The van der Waals surface area contributed by atoms with Crippen molar-refractivity contribution in [3.8, 4) is 5.88 Å². The van der Waals surface area contributed by atoms with Gasteiger partial charge in [-0.15, -0.1) is 0 Å². The minimum Gasteiger partial charge on any atom is -0.481 e. The molecule has 1 aromatic heterocycles. The van der Waals surface area contributed by atoms with Gasteiger partial charge < -0.3 is 10.5 Å². The van der Waals surface area contributed by atoms with Crippen LogP contribution in [0, 0.1) is 0 Å². The normalized spacial score (nSPS) is 9.08. The van der Waals surface area contributed by atoms with Crippen molar-refractivity contribution in [3.63, 3.8) is 0 Å². The highest BCUT2D eigenvalue weighted by Gasteiger charge is 1.99. The standard InChI is InChI=1S/C6H8N4O2/c1-12-5-2-4(8-3-9-5)10-6(7)11/h2-3H,1H3,(H3,7,8,9,10,11). The van der Waals surface area contributed by atoms with Gasteiger partial charge in [0, 0.05) is 6.07 Å². The third-order valence-corrected chi connectivity index (χ3v) is 1.10. The van der Waals surface area contributed by atoms with Crippen molar-refractivity contribution in [2.45, 2.75) is 0 Å². The van der Waals surface area contributed by atoms with Crippen LogP contribution < -0.4 is 15.8 Å². The first-order valence-corrected chi connectivity index (χ1v) is 3.15. The third-order valence-electron chi connectivity index (χ3n) is 1.10. The summed E-state index contributed by atoms with van der Waals surface area (Å²) in [4.78, 5) is 17.8. The Bertz CT molecular complexity index is 289. The van der Waals surface area contributed by atoms with Crippen LogP contribution in [-0.4, -0.2) is 23.1 Å². The minimum absolute atomic E-state index is 0.314. The molecule has 1 aromatic rings.